The van der Waals surface area contributed by atoms with Crippen molar-refractivity contribution in [1.82, 2.24) is 4.57 Å². The second-order valence-corrected chi connectivity index (χ2v) is 4.92. The lowest BCUT2D eigenvalue weighted by Crippen LogP contribution is -2.25. The number of hydrogen-bond acceptors (Lipinski definition) is 3. The molecule has 6 nitrogen and oxygen atoms in total. The molecule has 0 aliphatic rings. The Labute approximate surface area is 152 Å². The van der Waals surface area contributed by atoms with Crippen LogP contribution in [0.5, 0.6) is 5.75 Å². The number of benzene rings is 1. The molecule has 1 heterocycles. The van der Waals surface area contributed by atoms with Crippen LogP contribution in [0.2, 0.25) is 0 Å². The van der Waals surface area contributed by atoms with Crippen molar-refractivity contribution in [3.05, 3.63) is 58.0 Å². The molecule has 0 radical (unpaired) electrons. The molecular weight excluding hydrogens is 407 g/mol. The van der Waals surface area contributed by atoms with Crippen LogP contribution in [0.1, 0.15) is 11.3 Å². The molecule has 0 unspecified atom stereocenters. The molecule has 23 heavy (non-hydrogen) atoms. The molecule has 0 fully saturated rings. The first-order valence-electron chi connectivity index (χ1n) is 6.88. The van der Waals surface area contributed by atoms with Gasteiger partial charge < -0.3 is 20.4 Å². The van der Waals surface area contributed by atoms with E-state index in [1.165, 1.54) is 0 Å². The van der Waals surface area contributed by atoms with Crippen LogP contribution >= 0.6 is 24.0 Å². The van der Waals surface area contributed by atoms with E-state index in [0.717, 1.165) is 17.1 Å². The van der Waals surface area contributed by atoms with Crippen molar-refractivity contribution in [3.63, 3.8) is 0 Å². The SMILES string of the molecule is COc1ccc(NC(N)=NCc2ccc(C)n(C)c2=O)cc1.I. The molecule has 124 valence electrons. The van der Waals surface area contributed by atoms with Crippen molar-refractivity contribution in [2.24, 2.45) is 17.8 Å². The van der Waals surface area contributed by atoms with E-state index in [9.17, 15) is 4.79 Å². The third kappa shape index (κ3) is 4.98. The number of nitrogens with one attached hydrogen (secondary N) is 1. The molecule has 3 N–H and O–H groups in total. The Morgan fingerprint density at radius 3 is 2.52 bits per heavy atom. The Kier molecular flexibility index (Phi) is 7.08. The Hall–Kier alpha value is -2.03. The van der Waals surface area contributed by atoms with Gasteiger partial charge in [-0.15, -0.1) is 24.0 Å². The zero-order valence-electron chi connectivity index (χ0n) is 13.4. The number of anilines is 1. The van der Waals surface area contributed by atoms with Gasteiger partial charge in [-0.3, -0.25) is 4.79 Å². The summed E-state index contributed by atoms with van der Waals surface area (Å²) in [6.07, 6.45) is 0. The molecule has 0 saturated carbocycles. The van der Waals surface area contributed by atoms with Gasteiger partial charge in [-0.2, -0.15) is 0 Å². The minimum Gasteiger partial charge on any atom is -0.497 e. The van der Waals surface area contributed by atoms with Gasteiger partial charge in [0.1, 0.15) is 5.75 Å². The monoisotopic (exact) mass is 428 g/mol. The summed E-state index contributed by atoms with van der Waals surface area (Å²) < 4.78 is 6.68. The molecule has 0 saturated heterocycles. The van der Waals surface area contributed by atoms with Gasteiger partial charge >= 0.3 is 0 Å². The maximum absolute atomic E-state index is 12.0. The van der Waals surface area contributed by atoms with Crippen molar-refractivity contribution in [2.45, 2.75) is 13.5 Å². The molecule has 0 aliphatic carbocycles. The number of rotatable bonds is 4. The number of aryl methyl sites for hydroxylation is 1. The van der Waals surface area contributed by atoms with E-state index in [0.29, 0.717) is 5.56 Å². The van der Waals surface area contributed by atoms with Crippen LogP contribution in [-0.2, 0) is 13.6 Å². The quantitative estimate of drug-likeness (QED) is 0.445. The van der Waals surface area contributed by atoms with Gasteiger partial charge in [0, 0.05) is 24.0 Å². The average molecular weight is 428 g/mol. The van der Waals surface area contributed by atoms with Crippen LogP contribution in [0.15, 0.2) is 46.2 Å². The van der Waals surface area contributed by atoms with Crippen LogP contribution in [0, 0.1) is 6.92 Å². The molecule has 7 heteroatoms. The maximum Gasteiger partial charge on any atom is 0.255 e. The first-order chi connectivity index (χ1) is 10.5. The lowest BCUT2D eigenvalue weighted by atomic mass is 10.2. The first kappa shape index (κ1) is 19.0. The largest absolute Gasteiger partial charge is 0.497 e. The second kappa shape index (κ2) is 8.56. The van der Waals surface area contributed by atoms with Crippen LogP contribution in [0.4, 0.5) is 5.69 Å². The van der Waals surface area contributed by atoms with E-state index >= 15 is 0 Å². The zero-order valence-corrected chi connectivity index (χ0v) is 15.7. The highest BCUT2D eigenvalue weighted by atomic mass is 127. The minimum absolute atomic E-state index is 0. The van der Waals surface area contributed by atoms with Crippen molar-refractivity contribution < 1.29 is 4.74 Å². The molecule has 2 aromatic rings. The predicted molar refractivity (Wildman–Crippen MR) is 104 cm³/mol. The van der Waals surface area contributed by atoms with E-state index in [-0.39, 0.29) is 42.0 Å². The normalized spacial score (nSPS) is 10.8. The number of methoxy groups -OCH3 is 1. The van der Waals surface area contributed by atoms with Gasteiger partial charge in [0.25, 0.3) is 5.56 Å². The lowest BCUT2D eigenvalue weighted by Gasteiger charge is -2.08. The van der Waals surface area contributed by atoms with Crippen molar-refractivity contribution in [1.29, 1.82) is 0 Å². The predicted octanol–water partition coefficient (Wildman–Crippen LogP) is 2.25. The fourth-order valence-electron chi connectivity index (χ4n) is 1.93. The molecule has 0 atom stereocenters. The Morgan fingerprint density at radius 1 is 1.26 bits per heavy atom. The van der Waals surface area contributed by atoms with Gasteiger partial charge in [-0.05, 0) is 43.3 Å². The minimum atomic E-state index is -0.0546. The van der Waals surface area contributed by atoms with E-state index in [4.69, 9.17) is 10.5 Å². The van der Waals surface area contributed by atoms with Gasteiger partial charge in [0.2, 0.25) is 0 Å². The van der Waals surface area contributed by atoms with Gasteiger partial charge in [-0.25, -0.2) is 4.99 Å². The number of guanidine groups is 1. The van der Waals surface area contributed by atoms with Gasteiger partial charge in [0.15, 0.2) is 5.96 Å². The van der Waals surface area contributed by atoms with E-state index in [1.807, 2.05) is 37.3 Å². The summed E-state index contributed by atoms with van der Waals surface area (Å²) in [5.41, 5.74) is 8.10. The number of aromatic nitrogens is 1. The Morgan fingerprint density at radius 2 is 1.91 bits per heavy atom. The van der Waals surface area contributed by atoms with E-state index in [1.54, 1.807) is 24.8 Å². The zero-order chi connectivity index (χ0) is 16.1. The average Bonchev–Trinajstić information content (AvgIpc) is 2.53. The highest BCUT2D eigenvalue weighted by Gasteiger charge is 2.03. The maximum atomic E-state index is 12.0. The Bertz CT molecular complexity index is 739. The first-order valence-corrected chi connectivity index (χ1v) is 6.88. The van der Waals surface area contributed by atoms with Crippen LogP contribution in [-0.4, -0.2) is 17.6 Å². The highest BCUT2D eigenvalue weighted by molar-refractivity contribution is 14.0. The molecule has 0 spiro atoms. The smallest absolute Gasteiger partial charge is 0.255 e. The van der Waals surface area contributed by atoms with Crippen molar-refractivity contribution in [3.8, 4) is 5.75 Å². The van der Waals surface area contributed by atoms with E-state index in [2.05, 4.69) is 10.3 Å². The molecule has 0 amide bonds. The molecule has 0 bridgehead atoms. The summed E-state index contributed by atoms with van der Waals surface area (Å²) in [7, 11) is 3.35. The van der Waals surface area contributed by atoms with E-state index < -0.39 is 0 Å². The summed E-state index contributed by atoms with van der Waals surface area (Å²) in [6.45, 7) is 2.12. The number of nitrogens with two attached hydrogens (primary N) is 1. The topological polar surface area (TPSA) is 81.6 Å². The van der Waals surface area contributed by atoms with Gasteiger partial charge in [-0.1, -0.05) is 0 Å². The fraction of sp³-hybridized carbons (Fsp3) is 0.250. The van der Waals surface area contributed by atoms with Crippen molar-refractivity contribution in [2.75, 3.05) is 12.4 Å². The van der Waals surface area contributed by atoms with Crippen LogP contribution < -0.4 is 21.3 Å². The number of hydrogen-bond donors (Lipinski definition) is 2. The molecule has 2 rings (SSSR count). The summed E-state index contributed by atoms with van der Waals surface area (Å²) in [5, 5.41) is 2.97. The van der Waals surface area contributed by atoms with Crippen molar-refractivity contribution >= 4 is 35.6 Å². The molecular formula is C16H21IN4O2. The molecule has 1 aromatic carbocycles. The van der Waals surface area contributed by atoms with Crippen LogP contribution in [0.3, 0.4) is 0 Å². The lowest BCUT2D eigenvalue weighted by molar-refractivity contribution is 0.415. The number of pyridine rings is 1. The molecule has 1 aromatic heterocycles. The summed E-state index contributed by atoms with van der Waals surface area (Å²) in [4.78, 5) is 16.3. The summed E-state index contributed by atoms with van der Waals surface area (Å²) >= 11 is 0. The Balaban J connectivity index is 0.00000264. The number of ether oxygens (including phenoxy) is 1. The fourth-order valence-corrected chi connectivity index (χ4v) is 1.93. The second-order valence-electron chi connectivity index (χ2n) is 4.92. The number of nitrogens with zero attached hydrogens (tertiary/aromatic N) is 2. The third-order valence-corrected chi connectivity index (χ3v) is 3.42. The summed E-state index contributed by atoms with van der Waals surface area (Å²) in [5.74, 6) is 1.03. The standard InChI is InChI=1S/C16H20N4O2.HI/c1-11-4-5-12(15(21)20(11)2)10-18-16(17)19-13-6-8-14(22-3)9-7-13;/h4-9H,10H2,1-3H3,(H3,17,18,19);1H. The highest BCUT2D eigenvalue weighted by Crippen LogP contribution is 2.14. The number of aliphatic imine (C=N–C) groups is 1. The summed E-state index contributed by atoms with van der Waals surface area (Å²) in [6, 6.07) is 11.0. The molecule has 0 aliphatic heterocycles. The van der Waals surface area contributed by atoms with Gasteiger partial charge in [0.05, 0.1) is 13.7 Å². The third-order valence-electron chi connectivity index (χ3n) is 3.42. The number of halogens is 1. The van der Waals surface area contributed by atoms with Crippen LogP contribution in [0.25, 0.3) is 0 Å².